The Morgan fingerprint density at radius 3 is 2.09 bits per heavy atom. The molecule has 1 heterocycles. The summed E-state index contributed by atoms with van der Waals surface area (Å²) in [6.45, 7) is 0. The molecule has 0 saturated carbocycles. The molecule has 1 atom stereocenters. The van der Waals surface area contributed by atoms with Gasteiger partial charge in [0, 0.05) is 18.7 Å². The van der Waals surface area contributed by atoms with E-state index in [2.05, 4.69) is 0 Å². The van der Waals surface area contributed by atoms with Crippen LogP contribution in [0.25, 0.3) is 0 Å². The van der Waals surface area contributed by atoms with Gasteiger partial charge in [-0.3, -0.25) is 4.79 Å². The average Bonchev–Trinajstić information content (AvgIpc) is 2.91. The zero-order valence-electron chi connectivity index (χ0n) is 13.7. The maximum atomic E-state index is 12.7. The van der Waals surface area contributed by atoms with Gasteiger partial charge in [0.1, 0.15) is 0 Å². The van der Waals surface area contributed by atoms with Gasteiger partial charge in [-0.05, 0) is 18.6 Å². The highest BCUT2D eigenvalue weighted by atomic mass is 32.2. The molecule has 0 aromatic heterocycles. The Morgan fingerprint density at radius 1 is 1.13 bits per heavy atom. The predicted octanol–water partition coefficient (Wildman–Crippen LogP) is 0.972. The van der Waals surface area contributed by atoms with Crippen LogP contribution in [0.2, 0.25) is 0 Å². The summed E-state index contributed by atoms with van der Waals surface area (Å²) in [7, 11) is 2.98. The second kappa shape index (κ2) is 6.66. The number of benzene rings is 1. The Kier molecular flexibility index (Phi) is 5.03. The minimum Gasteiger partial charge on any atom is -0.493 e. The third-order valence-electron chi connectivity index (χ3n) is 3.99. The largest absolute Gasteiger partial charge is 0.493 e. The van der Waals surface area contributed by atoms with Gasteiger partial charge in [-0.2, -0.15) is 0 Å². The molecule has 23 heavy (non-hydrogen) atoms. The predicted molar refractivity (Wildman–Crippen MR) is 85.3 cm³/mol. The molecule has 0 bridgehead atoms. The maximum Gasteiger partial charge on any atom is 0.254 e. The molecule has 0 radical (unpaired) electrons. The first-order chi connectivity index (χ1) is 10.8. The molecule has 0 N–H and O–H groups in total. The molecule has 1 aromatic rings. The summed E-state index contributed by atoms with van der Waals surface area (Å²) in [5.74, 6) is 0.985. The Labute approximate surface area is 136 Å². The number of carbonyl (C=O) groups is 1. The SMILES string of the molecule is COc1cc(C(=O)N(C)[C@H]2CCS(=O)(=O)C2)cc(OC)c1OC. The fourth-order valence-corrected chi connectivity index (χ4v) is 4.43. The Hall–Kier alpha value is -1.96. The van der Waals surface area contributed by atoms with Crippen LogP contribution in [0.15, 0.2) is 12.1 Å². The fraction of sp³-hybridized carbons (Fsp3) is 0.533. The van der Waals surface area contributed by atoms with Gasteiger partial charge in [-0.25, -0.2) is 8.42 Å². The highest BCUT2D eigenvalue weighted by molar-refractivity contribution is 7.91. The zero-order chi connectivity index (χ0) is 17.2. The van der Waals surface area contributed by atoms with Crippen molar-refractivity contribution in [3.05, 3.63) is 17.7 Å². The molecule has 1 aromatic carbocycles. The van der Waals surface area contributed by atoms with Crippen LogP contribution >= 0.6 is 0 Å². The molecule has 1 fully saturated rings. The van der Waals surface area contributed by atoms with Gasteiger partial charge in [0.2, 0.25) is 5.75 Å². The molecule has 1 amide bonds. The first-order valence-corrected chi connectivity index (χ1v) is 8.92. The molecule has 7 nitrogen and oxygen atoms in total. The van der Waals surface area contributed by atoms with Crippen LogP contribution < -0.4 is 14.2 Å². The van der Waals surface area contributed by atoms with Crippen LogP contribution in [-0.2, 0) is 9.84 Å². The van der Waals surface area contributed by atoms with E-state index in [1.807, 2.05) is 0 Å². The number of nitrogens with zero attached hydrogens (tertiary/aromatic N) is 1. The molecule has 0 spiro atoms. The summed E-state index contributed by atoms with van der Waals surface area (Å²) >= 11 is 0. The molecular weight excluding hydrogens is 322 g/mol. The molecule has 1 aliphatic rings. The Morgan fingerprint density at radius 2 is 1.70 bits per heavy atom. The summed E-state index contributed by atoms with van der Waals surface area (Å²) in [6, 6.07) is 2.80. The molecule has 2 rings (SSSR count). The third-order valence-corrected chi connectivity index (χ3v) is 5.74. The number of methoxy groups -OCH3 is 3. The summed E-state index contributed by atoms with van der Waals surface area (Å²) in [4.78, 5) is 14.1. The van der Waals surface area contributed by atoms with Crippen molar-refractivity contribution in [1.82, 2.24) is 4.90 Å². The van der Waals surface area contributed by atoms with E-state index >= 15 is 0 Å². The standard InChI is InChI=1S/C15H21NO6S/c1-16(11-5-6-23(18,19)9-11)15(17)10-7-12(20-2)14(22-4)13(8-10)21-3/h7-8,11H,5-6,9H2,1-4H3/t11-/m0/s1. The van der Waals surface area contributed by atoms with E-state index in [0.29, 0.717) is 29.2 Å². The highest BCUT2D eigenvalue weighted by Gasteiger charge is 2.33. The van der Waals surface area contributed by atoms with E-state index in [0.717, 1.165) is 0 Å². The van der Waals surface area contributed by atoms with Crippen molar-refractivity contribution in [3.8, 4) is 17.2 Å². The Bertz CT molecular complexity index is 675. The van der Waals surface area contributed by atoms with Gasteiger partial charge in [-0.1, -0.05) is 0 Å². The molecule has 0 aliphatic carbocycles. The number of carbonyl (C=O) groups excluding carboxylic acids is 1. The van der Waals surface area contributed by atoms with Crippen LogP contribution in [0.1, 0.15) is 16.8 Å². The van der Waals surface area contributed by atoms with Crippen molar-refractivity contribution in [2.24, 2.45) is 0 Å². The lowest BCUT2D eigenvalue weighted by Gasteiger charge is -2.24. The first kappa shape index (κ1) is 17.4. The van der Waals surface area contributed by atoms with Gasteiger partial charge in [0.05, 0.1) is 32.8 Å². The van der Waals surface area contributed by atoms with Gasteiger partial charge >= 0.3 is 0 Å². The van der Waals surface area contributed by atoms with Gasteiger partial charge in [0.15, 0.2) is 21.3 Å². The van der Waals surface area contributed by atoms with Crippen LogP contribution in [0.4, 0.5) is 0 Å². The fourth-order valence-electron chi connectivity index (χ4n) is 2.65. The summed E-state index contributed by atoms with van der Waals surface area (Å²) in [5, 5.41) is 0. The summed E-state index contributed by atoms with van der Waals surface area (Å²) < 4.78 is 38.9. The molecular formula is C15H21NO6S. The van der Waals surface area contributed by atoms with Crippen molar-refractivity contribution in [2.45, 2.75) is 12.5 Å². The number of sulfone groups is 1. The van der Waals surface area contributed by atoms with E-state index in [9.17, 15) is 13.2 Å². The Balaban J connectivity index is 2.32. The second-order valence-corrected chi connectivity index (χ2v) is 7.62. The summed E-state index contributed by atoms with van der Waals surface area (Å²) in [5.41, 5.74) is 0.353. The van der Waals surface area contributed by atoms with Crippen molar-refractivity contribution in [3.63, 3.8) is 0 Å². The van der Waals surface area contributed by atoms with Gasteiger partial charge < -0.3 is 19.1 Å². The summed E-state index contributed by atoms with van der Waals surface area (Å²) in [6.07, 6.45) is 0.453. The van der Waals surface area contributed by atoms with E-state index in [4.69, 9.17) is 14.2 Å². The van der Waals surface area contributed by atoms with E-state index in [1.54, 1.807) is 19.2 Å². The van der Waals surface area contributed by atoms with Crippen LogP contribution in [-0.4, -0.2) is 65.1 Å². The minimum absolute atomic E-state index is 0.000333. The molecule has 128 valence electrons. The van der Waals surface area contributed by atoms with Crippen molar-refractivity contribution >= 4 is 15.7 Å². The number of ether oxygens (including phenoxy) is 3. The molecule has 8 heteroatoms. The second-order valence-electron chi connectivity index (χ2n) is 5.39. The van der Waals surface area contributed by atoms with Crippen LogP contribution in [0.3, 0.4) is 0 Å². The molecule has 0 unspecified atom stereocenters. The zero-order valence-corrected chi connectivity index (χ0v) is 14.5. The average molecular weight is 343 g/mol. The molecule has 1 saturated heterocycles. The number of amides is 1. The van der Waals surface area contributed by atoms with E-state index in [-0.39, 0.29) is 23.5 Å². The quantitative estimate of drug-likeness (QED) is 0.792. The van der Waals surface area contributed by atoms with Crippen molar-refractivity contribution < 1.29 is 27.4 Å². The number of hydrogen-bond acceptors (Lipinski definition) is 6. The van der Waals surface area contributed by atoms with Gasteiger partial charge in [-0.15, -0.1) is 0 Å². The third kappa shape index (κ3) is 3.52. The maximum absolute atomic E-state index is 12.7. The molecule has 1 aliphatic heterocycles. The monoisotopic (exact) mass is 343 g/mol. The number of rotatable bonds is 5. The van der Waals surface area contributed by atoms with Crippen molar-refractivity contribution in [2.75, 3.05) is 39.9 Å². The first-order valence-electron chi connectivity index (χ1n) is 7.10. The van der Waals surface area contributed by atoms with E-state index < -0.39 is 9.84 Å². The smallest absolute Gasteiger partial charge is 0.254 e. The minimum atomic E-state index is -3.06. The van der Waals surface area contributed by atoms with Crippen molar-refractivity contribution in [1.29, 1.82) is 0 Å². The van der Waals surface area contributed by atoms with Crippen LogP contribution in [0, 0.1) is 0 Å². The lowest BCUT2D eigenvalue weighted by molar-refractivity contribution is 0.0747. The highest BCUT2D eigenvalue weighted by Crippen LogP contribution is 2.38. The van der Waals surface area contributed by atoms with Crippen LogP contribution in [0.5, 0.6) is 17.2 Å². The van der Waals surface area contributed by atoms with E-state index in [1.165, 1.54) is 26.2 Å². The lowest BCUT2D eigenvalue weighted by atomic mass is 10.1. The number of hydrogen-bond donors (Lipinski definition) is 0. The lowest BCUT2D eigenvalue weighted by Crippen LogP contribution is -2.37. The topological polar surface area (TPSA) is 82.1 Å². The van der Waals surface area contributed by atoms with Gasteiger partial charge in [0.25, 0.3) is 5.91 Å². The normalized spacial score (nSPS) is 19.2.